The highest BCUT2D eigenvalue weighted by molar-refractivity contribution is 7.19. The molecule has 0 aliphatic rings. The van der Waals surface area contributed by atoms with Crippen LogP contribution in [0.2, 0.25) is 0 Å². The summed E-state index contributed by atoms with van der Waals surface area (Å²) in [5.41, 5.74) is 0. The zero-order valence-electron chi connectivity index (χ0n) is 50.0. The summed E-state index contributed by atoms with van der Waals surface area (Å²) in [5.74, 6) is 2.18. The molecule has 1 aromatic carbocycles. The quantitative estimate of drug-likeness (QED) is 0.0525. The lowest BCUT2D eigenvalue weighted by Gasteiger charge is -2.14. The predicted octanol–water partition coefficient (Wildman–Crippen LogP) is 26.8. The maximum Gasteiger partial charge on any atom is 0.146 e. The van der Waals surface area contributed by atoms with Crippen molar-refractivity contribution >= 4 is 42.8 Å². The van der Waals surface area contributed by atoms with Gasteiger partial charge in [0.2, 0.25) is 0 Å². The fraction of sp³-hybridized carbons (Fsp3) is 0.857. The molecular weight excluding hydrogens is 937 g/mol. The van der Waals surface area contributed by atoms with Crippen molar-refractivity contribution in [1.82, 2.24) is 0 Å². The summed E-state index contributed by atoms with van der Waals surface area (Å²) in [4.78, 5) is 0. The summed E-state index contributed by atoms with van der Waals surface area (Å²) >= 11 is 3.62. The number of fused-ring (bicyclic) bond motifs is 2. The van der Waals surface area contributed by atoms with Gasteiger partial charge < -0.3 is 9.47 Å². The largest absolute Gasteiger partial charge is 0.491 e. The second-order valence-electron chi connectivity index (χ2n) is 23.8. The second kappa shape index (κ2) is 52.4. The molecule has 0 saturated carbocycles. The summed E-state index contributed by atoms with van der Waals surface area (Å²) < 4.78 is 15.7. The molecule has 0 spiro atoms. The monoisotopic (exact) mass is 1060 g/mol. The van der Waals surface area contributed by atoms with Crippen molar-refractivity contribution in [2.75, 3.05) is 13.2 Å². The van der Waals surface area contributed by atoms with Gasteiger partial charge in [-0.1, -0.05) is 361 Å². The third-order valence-electron chi connectivity index (χ3n) is 16.7. The zero-order chi connectivity index (χ0) is 52.1. The van der Waals surface area contributed by atoms with Gasteiger partial charge in [0.25, 0.3) is 0 Å². The molecular formula is C70H126O2S2. The van der Waals surface area contributed by atoms with Crippen LogP contribution in [-0.2, 0) is 0 Å². The molecule has 0 N–H and O–H groups in total. The van der Waals surface area contributed by atoms with E-state index in [0.717, 1.165) is 37.6 Å². The number of unbranched alkanes of at least 4 members (excludes halogenated alkanes) is 54. The van der Waals surface area contributed by atoms with E-state index in [0.29, 0.717) is 0 Å². The van der Waals surface area contributed by atoms with E-state index in [1.165, 1.54) is 367 Å². The lowest BCUT2D eigenvalue weighted by molar-refractivity contribution is 0.307. The van der Waals surface area contributed by atoms with Gasteiger partial charge in [-0.3, -0.25) is 0 Å². The van der Waals surface area contributed by atoms with Gasteiger partial charge in [0.1, 0.15) is 11.5 Å². The fourth-order valence-electron chi connectivity index (χ4n) is 11.8. The molecule has 2 aromatic heterocycles. The van der Waals surface area contributed by atoms with Crippen molar-refractivity contribution in [3.63, 3.8) is 0 Å². The molecule has 0 aliphatic heterocycles. The predicted molar refractivity (Wildman–Crippen MR) is 338 cm³/mol. The summed E-state index contributed by atoms with van der Waals surface area (Å²) in [7, 11) is 0. The summed E-state index contributed by atoms with van der Waals surface area (Å²) in [6.07, 6.45) is 80.4. The fourth-order valence-corrected chi connectivity index (χ4v) is 13.6. The molecule has 0 saturated heterocycles. The molecule has 0 atom stereocenters. The van der Waals surface area contributed by atoms with Crippen LogP contribution >= 0.6 is 22.7 Å². The molecule has 4 heteroatoms. The molecule has 3 rings (SSSR count). The highest BCUT2D eigenvalue weighted by atomic mass is 32.1. The lowest BCUT2D eigenvalue weighted by atomic mass is 10.0. The van der Waals surface area contributed by atoms with Crippen LogP contribution in [-0.4, -0.2) is 13.2 Å². The second-order valence-corrected chi connectivity index (χ2v) is 25.6. The minimum absolute atomic E-state index is 0.817. The molecule has 0 bridgehead atoms. The van der Waals surface area contributed by atoms with E-state index in [2.05, 4.69) is 36.7 Å². The molecule has 2 nitrogen and oxygen atoms in total. The molecule has 3 aromatic rings. The van der Waals surface area contributed by atoms with E-state index < -0.39 is 0 Å². The smallest absolute Gasteiger partial charge is 0.146 e. The Balaban J connectivity index is 1.04. The van der Waals surface area contributed by atoms with Gasteiger partial charge >= 0.3 is 0 Å². The van der Waals surface area contributed by atoms with Crippen LogP contribution < -0.4 is 9.47 Å². The normalized spacial score (nSPS) is 11.8. The van der Waals surface area contributed by atoms with Crippen molar-refractivity contribution < 1.29 is 9.47 Å². The maximum atomic E-state index is 6.59. The van der Waals surface area contributed by atoms with Crippen LogP contribution in [0.15, 0.2) is 22.9 Å². The third-order valence-corrected chi connectivity index (χ3v) is 18.5. The summed E-state index contributed by atoms with van der Waals surface area (Å²) in [6.45, 7) is 6.26. The minimum Gasteiger partial charge on any atom is -0.491 e. The first kappa shape index (κ1) is 67.0. The summed E-state index contributed by atoms with van der Waals surface area (Å²) in [6, 6.07) is 4.51. The van der Waals surface area contributed by atoms with Gasteiger partial charge in [0, 0.05) is 10.8 Å². The van der Waals surface area contributed by atoms with Gasteiger partial charge in [-0.2, -0.15) is 0 Å². The molecule has 0 radical (unpaired) electrons. The average Bonchev–Trinajstić information content (AvgIpc) is 4.12. The molecule has 0 unspecified atom stereocenters. The van der Waals surface area contributed by atoms with Crippen molar-refractivity contribution in [2.45, 2.75) is 373 Å². The molecule has 0 aliphatic carbocycles. The van der Waals surface area contributed by atoms with Crippen molar-refractivity contribution in [1.29, 1.82) is 0 Å². The van der Waals surface area contributed by atoms with Crippen LogP contribution in [0.3, 0.4) is 0 Å². The van der Waals surface area contributed by atoms with Crippen LogP contribution in [0.5, 0.6) is 11.5 Å². The van der Waals surface area contributed by atoms with Crippen LogP contribution in [0, 0.1) is 0 Å². The maximum absolute atomic E-state index is 6.59. The number of hydrogen-bond acceptors (Lipinski definition) is 4. The van der Waals surface area contributed by atoms with Gasteiger partial charge in [0.05, 0.1) is 22.6 Å². The van der Waals surface area contributed by atoms with Crippen LogP contribution in [0.25, 0.3) is 20.2 Å². The Morgan fingerprint density at radius 1 is 0.230 bits per heavy atom. The SMILES string of the molecule is CCCCCCCCCCCCCCCCCCCCCCCCCCCCCCOc1c2ccsc2c(OCCCCCCCCCCCCCCCCCCCCCCCCCCCCCC)c2ccsc12. The Morgan fingerprint density at radius 2 is 0.392 bits per heavy atom. The van der Waals surface area contributed by atoms with E-state index >= 15 is 0 Å². The van der Waals surface area contributed by atoms with E-state index in [9.17, 15) is 0 Å². The Bertz CT molecular complexity index is 1410. The van der Waals surface area contributed by atoms with Gasteiger partial charge in [0.15, 0.2) is 0 Å². The topological polar surface area (TPSA) is 18.5 Å². The van der Waals surface area contributed by atoms with Gasteiger partial charge in [-0.15, -0.1) is 22.7 Å². The minimum atomic E-state index is 0.817. The number of hydrogen-bond donors (Lipinski definition) is 0. The first-order chi connectivity index (χ1) is 36.9. The Morgan fingerprint density at radius 3 is 0.568 bits per heavy atom. The van der Waals surface area contributed by atoms with Crippen molar-refractivity contribution in [3.8, 4) is 11.5 Å². The molecule has 0 fully saturated rings. The van der Waals surface area contributed by atoms with E-state index in [4.69, 9.17) is 9.47 Å². The van der Waals surface area contributed by atoms with E-state index in [1.807, 2.05) is 22.7 Å². The molecule has 0 amide bonds. The molecule has 74 heavy (non-hydrogen) atoms. The highest BCUT2D eigenvalue weighted by Crippen LogP contribution is 2.47. The van der Waals surface area contributed by atoms with Crippen molar-refractivity contribution in [2.24, 2.45) is 0 Å². The number of thiophene rings is 2. The Labute approximate surface area is 470 Å². The standard InChI is InChI=1S/C70H126O2S2/c1-3-5-7-9-11-13-15-17-19-21-23-25-27-29-31-33-35-37-39-41-43-45-47-49-51-53-55-57-61-71-67-65-59-63-74-70(65)68(66-60-64-73-69(66)67)72-62-58-56-54-52-50-48-46-44-42-40-38-36-34-32-30-28-26-24-22-20-18-16-14-12-10-8-6-4-2/h59-60,63-64H,3-58,61-62H2,1-2H3. The first-order valence-corrected chi connectivity index (χ1v) is 35.8. The Hall–Kier alpha value is -1.26. The number of benzene rings is 1. The van der Waals surface area contributed by atoms with E-state index in [-0.39, 0.29) is 0 Å². The molecule has 2 heterocycles. The highest BCUT2D eigenvalue weighted by Gasteiger charge is 2.18. The van der Waals surface area contributed by atoms with E-state index in [1.54, 1.807) is 0 Å². The first-order valence-electron chi connectivity index (χ1n) is 34.0. The van der Waals surface area contributed by atoms with Gasteiger partial charge in [-0.25, -0.2) is 0 Å². The number of rotatable bonds is 60. The summed E-state index contributed by atoms with van der Waals surface area (Å²) in [5, 5.41) is 6.93. The lowest BCUT2D eigenvalue weighted by Crippen LogP contribution is -2.00. The molecule has 430 valence electrons. The van der Waals surface area contributed by atoms with Gasteiger partial charge in [-0.05, 0) is 35.7 Å². The third kappa shape index (κ3) is 36.8. The zero-order valence-corrected chi connectivity index (χ0v) is 51.6. The van der Waals surface area contributed by atoms with Crippen molar-refractivity contribution in [3.05, 3.63) is 22.9 Å². The number of ether oxygens (including phenoxy) is 2. The Kier molecular flexibility index (Phi) is 47.5. The average molecular weight is 1060 g/mol. The van der Waals surface area contributed by atoms with Crippen LogP contribution in [0.1, 0.15) is 373 Å². The van der Waals surface area contributed by atoms with Crippen LogP contribution in [0.4, 0.5) is 0 Å².